The third-order valence-electron chi connectivity index (χ3n) is 3.02. The minimum absolute atomic E-state index is 0.301. The van der Waals surface area contributed by atoms with E-state index < -0.39 is 0 Å². The van der Waals surface area contributed by atoms with E-state index in [-0.39, 0.29) is 0 Å². The normalized spacial score (nSPS) is 12.6. The molecule has 5 heteroatoms. The number of aromatic nitrogens is 4. The maximum atomic E-state index is 5.49. The van der Waals surface area contributed by atoms with E-state index in [0.717, 1.165) is 23.5 Å². The van der Waals surface area contributed by atoms with Crippen molar-refractivity contribution in [3.8, 4) is 0 Å². The van der Waals surface area contributed by atoms with Crippen LogP contribution in [0.25, 0.3) is 0 Å². The number of anilines is 1. The molecular formula is C14H19N5. The molecule has 2 aromatic heterocycles. The fraction of sp³-hybridized carbons (Fsp3) is 0.429. The van der Waals surface area contributed by atoms with Crippen molar-refractivity contribution in [2.45, 2.75) is 39.0 Å². The minimum atomic E-state index is 0.301. The van der Waals surface area contributed by atoms with Gasteiger partial charge in [-0.05, 0) is 24.0 Å². The summed E-state index contributed by atoms with van der Waals surface area (Å²) in [6, 6.07) is 1.96. The van der Waals surface area contributed by atoms with Crippen LogP contribution in [0, 0.1) is 0 Å². The van der Waals surface area contributed by atoms with Crippen molar-refractivity contribution in [1.82, 2.24) is 19.9 Å². The standard InChI is InChI=1S/C14H19N5/c1-9(2)13-16-5-4-12(19-13)6-10(3)11-7-17-14(15)18-8-11/h4-5,7-10H,6H2,1-3H3,(H2,15,17,18). The van der Waals surface area contributed by atoms with E-state index in [1.54, 1.807) is 12.4 Å². The monoisotopic (exact) mass is 257 g/mol. The molecule has 0 aromatic carbocycles. The highest BCUT2D eigenvalue weighted by Gasteiger charge is 2.10. The summed E-state index contributed by atoms with van der Waals surface area (Å²) in [7, 11) is 0. The van der Waals surface area contributed by atoms with Gasteiger partial charge < -0.3 is 5.73 Å². The lowest BCUT2D eigenvalue weighted by Crippen LogP contribution is -2.06. The molecule has 0 spiro atoms. The minimum Gasteiger partial charge on any atom is -0.368 e. The Morgan fingerprint density at radius 3 is 2.42 bits per heavy atom. The van der Waals surface area contributed by atoms with E-state index in [2.05, 4.69) is 40.7 Å². The summed E-state index contributed by atoms with van der Waals surface area (Å²) in [5.74, 6) is 1.84. The first kappa shape index (κ1) is 13.4. The van der Waals surface area contributed by atoms with Crippen LogP contribution in [-0.2, 0) is 6.42 Å². The third kappa shape index (κ3) is 3.47. The van der Waals surface area contributed by atoms with Crippen LogP contribution >= 0.6 is 0 Å². The Bertz CT molecular complexity index is 536. The van der Waals surface area contributed by atoms with Gasteiger partial charge in [-0.1, -0.05) is 20.8 Å². The van der Waals surface area contributed by atoms with Gasteiger partial charge in [0.25, 0.3) is 0 Å². The van der Waals surface area contributed by atoms with Crippen molar-refractivity contribution in [3.05, 3.63) is 41.7 Å². The van der Waals surface area contributed by atoms with Crippen LogP contribution in [0.3, 0.4) is 0 Å². The van der Waals surface area contributed by atoms with Gasteiger partial charge in [0.2, 0.25) is 5.95 Å². The molecule has 1 unspecified atom stereocenters. The summed E-state index contributed by atoms with van der Waals surface area (Å²) in [6.07, 6.45) is 6.22. The Morgan fingerprint density at radius 1 is 1.11 bits per heavy atom. The summed E-state index contributed by atoms with van der Waals surface area (Å²) in [6.45, 7) is 6.32. The summed E-state index contributed by atoms with van der Waals surface area (Å²) < 4.78 is 0. The fourth-order valence-electron chi connectivity index (χ4n) is 1.84. The van der Waals surface area contributed by atoms with Crippen molar-refractivity contribution >= 4 is 5.95 Å². The molecule has 5 nitrogen and oxygen atoms in total. The second kappa shape index (κ2) is 5.73. The molecule has 0 saturated carbocycles. The summed E-state index contributed by atoms with van der Waals surface area (Å²) in [5, 5.41) is 0. The molecule has 0 fully saturated rings. The van der Waals surface area contributed by atoms with Crippen LogP contribution < -0.4 is 5.73 Å². The number of nitrogens with zero attached hydrogens (tertiary/aromatic N) is 4. The predicted octanol–water partition coefficient (Wildman–Crippen LogP) is 2.32. The molecule has 1 atom stereocenters. The van der Waals surface area contributed by atoms with Gasteiger partial charge in [0.1, 0.15) is 5.82 Å². The molecule has 0 aliphatic rings. The van der Waals surface area contributed by atoms with Gasteiger partial charge in [0, 0.05) is 30.2 Å². The molecule has 0 radical (unpaired) electrons. The topological polar surface area (TPSA) is 77.6 Å². The highest BCUT2D eigenvalue weighted by molar-refractivity contribution is 5.21. The lowest BCUT2D eigenvalue weighted by molar-refractivity contribution is 0.702. The number of hydrogen-bond donors (Lipinski definition) is 1. The zero-order valence-corrected chi connectivity index (χ0v) is 11.5. The molecule has 2 aromatic rings. The molecule has 2 heterocycles. The van der Waals surface area contributed by atoms with Gasteiger partial charge >= 0.3 is 0 Å². The predicted molar refractivity (Wildman–Crippen MR) is 74.7 cm³/mol. The molecule has 0 aliphatic heterocycles. The highest BCUT2D eigenvalue weighted by Crippen LogP contribution is 2.19. The zero-order chi connectivity index (χ0) is 13.8. The van der Waals surface area contributed by atoms with Gasteiger partial charge in [-0.3, -0.25) is 0 Å². The van der Waals surface area contributed by atoms with Crippen LogP contribution in [0.15, 0.2) is 24.7 Å². The molecule has 100 valence electrons. The first-order valence-electron chi connectivity index (χ1n) is 6.45. The second-order valence-electron chi connectivity index (χ2n) is 5.04. The van der Waals surface area contributed by atoms with Gasteiger partial charge in [0.15, 0.2) is 0 Å². The summed E-state index contributed by atoms with van der Waals surface area (Å²) in [4.78, 5) is 16.9. The van der Waals surface area contributed by atoms with E-state index in [4.69, 9.17) is 5.73 Å². The van der Waals surface area contributed by atoms with E-state index in [1.165, 1.54) is 0 Å². The van der Waals surface area contributed by atoms with Crippen LogP contribution in [0.1, 0.15) is 49.7 Å². The smallest absolute Gasteiger partial charge is 0.219 e. The van der Waals surface area contributed by atoms with E-state index >= 15 is 0 Å². The number of rotatable bonds is 4. The van der Waals surface area contributed by atoms with Gasteiger partial charge in [-0.15, -0.1) is 0 Å². The van der Waals surface area contributed by atoms with E-state index in [9.17, 15) is 0 Å². The van der Waals surface area contributed by atoms with Crippen LogP contribution in [0.2, 0.25) is 0 Å². The molecule has 19 heavy (non-hydrogen) atoms. The zero-order valence-electron chi connectivity index (χ0n) is 11.5. The number of nitrogens with two attached hydrogens (primary N) is 1. The highest BCUT2D eigenvalue weighted by atomic mass is 15.0. The van der Waals surface area contributed by atoms with Gasteiger partial charge in [0.05, 0.1) is 0 Å². The lowest BCUT2D eigenvalue weighted by Gasteiger charge is -2.12. The molecule has 0 amide bonds. The summed E-state index contributed by atoms with van der Waals surface area (Å²) >= 11 is 0. The lowest BCUT2D eigenvalue weighted by atomic mass is 9.99. The molecule has 0 saturated heterocycles. The van der Waals surface area contributed by atoms with E-state index in [0.29, 0.717) is 17.8 Å². The molecule has 2 rings (SSSR count). The third-order valence-corrected chi connectivity index (χ3v) is 3.02. The number of hydrogen-bond acceptors (Lipinski definition) is 5. The summed E-state index contributed by atoms with van der Waals surface area (Å²) in [5.41, 5.74) is 7.60. The Kier molecular flexibility index (Phi) is 4.04. The van der Waals surface area contributed by atoms with Crippen molar-refractivity contribution in [2.24, 2.45) is 0 Å². The Balaban J connectivity index is 2.12. The van der Waals surface area contributed by atoms with Crippen molar-refractivity contribution in [2.75, 3.05) is 5.73 Å². The molecular weight excluding hydrogens is 238 g/mol. The van der Waals surface area contributed by atoms with Gasteiger partial charge in [-0.2, -0.15) is 0 Å². The first-order chi connectivity index (χ1) is 9.06. The largest absolute Gasteiger partial charge is 0.368 e. The van der Waals surface area contributed by atoms with E-state index in [1.807, 2.05) is 12.3 Å². The molecule has 0 bridgehead atoms. The van der Waals surface area contributed by atoms with Crippen molar-refractivity contribution < 1.29 is 0 Å². The average molecular weight is 257 g/mol. The first-order valence-corrected chi connectivity index (χ1v) is 6.45. The van der Waals surface area contributed by atoms with Gasteiger partial charge in [-0.25, -0.2) is 19.9 Å². The number of nitrogen functional groups attached to an aromatic ring is 1. The molecule has 0 aliphatic carbocycles. The quantitative estimate of drug-likeness (QED) is 0.909. The Hall–Kier alpha value is -2.04. The van der Waals surface area contributed by atoms with Crippen molar-refractivity contribution in [1.29, 1.82) is 0 Å². The van der Waals surface area contributed by atoms with Crippen LogP contribution in [0.4, 0.5) is 5.95 Å². The SMILES string of the molecule is CC(C)c1nccc(CC(C)c2cnc(N)nc2)n1. The van der Waals surface area contributed by atoms with Crippen molar-refractivity contribution in [3.63, 3.8) is 0 Å². The van der Waals surface area contributed by atoms with Crippen LogP contribution in [0.5, 0.6) is 0 Å². The Labute approximate surface area is 113 Å². The Morgan fingerprint density at radius 2 is 1.79 bits per heavy atom. The fourth-order valence-corrected chi connectivity index (χ4v) is 1.84. The maximum Gasteiger partial charge on any atom is 0.219 e. The average Bonchev–Trinajstić information content (AvgIpc) is 2.39. The second-order valence-corrected chi connectivity index (χ2v) is 5.04. The maximum absolute atomic E-state index is 5.49. The molecule has 2 N–H and O–H groups in total. The van der Waals surface area contributed by atoms with Crippen LogP contribution in [-0.4, -0.2) is 19.9 Å².